The third-order valence-electron chi connectivity index (χ3n) is 3.77. The second-order valence-corrected chi connectivity index (χ2v) is 5.10. The van der Waals surface area contributed by atoms with Gasteiger partial charge in [-0.1, -0.05) is 30.3 Å². The molecule has 3 nitrogen and oxygen atoms in total. The van der Waals surface area contributed by atoms with Crippen LogP contribution in [0.5, 0.6) is 5.75 Å². The van der Waals surface area contributed by atoms with Crippen molar-refractivity contribution in [2.45, 2.75) is 19.4 Å². The molecular formula is C18H20N2O. The lowest BCUT2D eigenvalue weighted by Crippen LogP contribution is -2.31. The first-order chi connectivity index (χ1) is 10.2. The van der Waals surface area contributed by atoms with Crippen molar-refractivity contribution >= 4 is 5.69 Å². The van der Waals surface area contributed by atoms with Gasteiger partial charge in [0.2, 0.25) is 0 Å². The molecule has 3 heteroatoms. The maximum Gasteiger partial charge on any atom is 0.122 e. The van der Waals surface area contributed by atoms with Gasteiger partial charge in [-0.3, -0.25) is 0 Å². The molecule has 2 aromatic rings. The van der Waals surface area contributed by atoms with Gasteiger partial charge in [-0.2, -0.15) is 5.26 Å². The number of hydrogen-bond donors (Lipinski definition) is 0. The van der Waals surface area contributed by atoms with E-state index in [0.29, 0.717) is 5.56 Å². The molecule has 0 amide bonds. The van der Waals surface area contributed by atoms with Gasteiger partial charge in [0.1, 0.15) is 11.8 Å². The highest BCUT2D eigenvalue weighted by Crippen LogP contribution is 2.24. The minimum Gasteiger partial charge on any atom is -0.496 e. The van der Waals surface area contributed by atoms with Crippen molar-refractivity contribution in [1.29, 1.82) is 5.26 Å². The molecule has 0 fully saturated rings. The first-order valence-corrected chi connectivity index (χ1v) is 7.01. The number of methoxy groups -OCH3 is 1. The first-order valence-electron chi connectivity index (χ1n) is 7.01. The zero-order chi connectivity index (χ0) is 15.2. The molecule has 0 aliphatic rings. The van der Waals surface area contributed by atoms with Crippen LogP contribution >= 0.6 is 0 Å². The van der Waals surface area contributed by atoms with E-state index in [1.165, 1.54) is 5.56 Å². The average Bonchev–Trinajstić information content (AvgIpc) is 2.54. The summed E-state index contributed by atoms with van der Waals surface area (Å²) in [5.74, 6) is 0.909. The molecule has 0 saturated heterocycles. The number of nitriles is 1. The normalized spacial score (nSPS) is 11.5. The lowest BCUT2D eigenvalue weighted by molar-refractivity contribution is 0.408. The fourth-order valence-corrected chi connectivity index (χ4v) is 2.44. The number of rotatable bonds is 5. The van der Waals surface area contributed by atoms with E-state index >= 15 is 0 Å². The number of para-hydroxylation sites is 2. The van der Waals surface area contributed by atoms with Crippen LogP contribution in [-0.4, -0.2) is 20.2 Å². The lowest BCUT2D eigenvalue weighted by atomic mass is 10.0. The second kappa shape index (κ2) is 6.81. The van der Waals surface area contributed by atoms with E-state index < -0.39 is 0 Å². The summed E-state index contributed by atoms with van der Waals surface area (Å²) in [5, 5.41) is 9.22. The third kappa shape index (κ3) is 3.35. The molecule has 1 atom stereocenters. The van der Waals surface area contributed by atoms with Crippen LogP contribution in [0, 0.1) is 11.3 Å². The quantitative estimate of drug-likeness (QED) is 0.839. The van der Waals surface area contributed by atoms with Crippen LogP contribution in [0.25, 0.3) is 0 Å². The topological polar surface area (TPSA) is 36.3 Å². The molecule has 1 unspecified atom stereocenters. The summed E-state index contributed by atoms with van der Waals surface area (Å²) in [5.41, 5.74) is 2.84. The van der Waals surface area contributed by atoms with Crippen LogP contribution in [0.15, 0.2) is 48.5 Å². The standard InChI is InChI=1S/C18H20N2O/c1-14(12-15-8-5-7-11-18(15)21-3)20(2)17-10-6-4-9-16(17)13-19/h4-11,14H,12H2,1-3H3. The number of nitrogens with zero attached hydrogens (tertiary/aromatic N) is 2. The summed E-state index contributed by atoms with van der Waals surface area (Å²) in [6, 6.07) is 18.2. The Kier molecular flexibility index (Phi) is 4.84. The van der Waals surface area contributed by atoms with E-state index in [4.69, 9.17) is 4.74 Å². The number of anilines is 1. The second-order valence-electron chi connectivity index (χ2n) is 5.10. The molecule has 0 aliphatic carbocycles. The number of benzene rings is 2. The van der Waals surface area contributed by atoms with E-state index in [0.717, 1.165) is 17.9 Å². The van der Waals surface area contributed by atoms with Crippen LogP contribution in [0.4, 0.5) is 5.69 Å². The maximum atomic E-state index is 9.22. The molecule has 0 bridgehead atoms. The minimum absolute atomic E-state index is 0.260. The lowest BCUT2D eigenvalue weighted by Gasteiger charge is -2.28. The third-order valence-corrected chi connectivity index (χ3v) is 3.77. The van der Waals surface area contributed by atoms with Crippen LogP contribution in [0.1, 0.15) is 18.1 Å². The zero-order valence-electron chi connectivity index (χ0n) is 12.7. The fraction of sp³-hybridized carbons (Fsp3) is 0.278. The van der Waals surface area contributed by atoms with Crippen molar-refractivity contribution in [2.75, 3.05) is 19.1 Å². The Balaban J connectivity index is 2.20. The Labute approximate surface area is 126 Å². The average molecular weight is 280 g/mol. The minimum atomic E-state index is 0.260. The Morgan fingerprint density at radius 3 is 2.52 bits per heavy atom. The molecule has 2 rings (SSSR count). The highest BCUT2D eigenvalue weighted by atomic mass is 16.5. The van der Waals surface area contributed by atoms with E-state index in [2.05, 4.69) is 24.0 Å². The van der Waals surface area contributed by atoms with Crippen molar-refractivity contribution < 1.29 is 4.74 Å². The van der Waals surface area contributed by atoms with Gasteiger partial charge in [-0.15, -0.1) is 0 Å². The molecule has 0 heterocycles. The summed E-state index contributed by atoms with van der Waals surface area (Å²) in [7, 11) is 3.72. The number of ether oxygens (including phenoxy) is 1. The van der Waals surface area contributed by atoms with E-state index in [1.54, 1.807) is 7.11 Å². The smallest absolute Gasteiger partial charge is 0.122 e. The predicted octanol–water partition coefficient (Wildman–Crippen LogP) is 3.63. The Morgan fingerprint density at radius 1 is 1.14 bits per heavy atom. The van der Waals surface area contributed by atoms with Gasteiger partial charge in [0, 0.05) is 13.1 Å². The van der Waals surface area contributed by atoms with Crippen molar-refractivity contribution in [1.82, 2.24) is 0 Å². The Morgan fingerprint density at radius 2 is 1.81 bits per heavy atom. The molecule has 0 aromatic heterocycles. The SMILES string of the molecule is COc1ccccc1CC(C)N(C)c1ccccc1C#N. The number of hydrogen-bond acceptors (Lipinski definition) is 3. The summed E-state index contributed by atoms with van der Waals surface area (Å²) >= 11 is 0. The summed E-state index contributed by atoms with van der Waals surface area (Å²) in [4.78, 5) is 2.14. The molecular weight excluding hydrogens is 260 g/mol. The highest BCUT2D eigenvalue weighted by molar-refractivity contribution is 5.59. The highest BCUT2D eigenvalue weighted by Gasteiger charge is 2.15. The molecule has 0 N–H and O–H groups in total. The van der Waals surface area contributed by atoms with Gasteiger partial charge in [0.15, 0.2) is 0 Å². The van der Waals surface area contributed by atoms with E-state index in [9.17, 15) is 5.26 Å². The maximum absolute atomic E-state index is 9.22. The van der Waals surface area contributed by atoms with Crippen LogP contribution in [0.2, 0.25) is 0 Å². The molecule has 2 aromatic carbocycles. The predicted molar refractivity (Wildman–Crippen MR) is 85.7 cm³/mol. The Hall–Kier alpha value is -2.47. The van der Waals surface area contributed by atoms with Crippen LogP contribution in [0.3, 0.4) is 0 Å². The molecule has 21 heavy (non-hydrogen) atoms. The van der Waals surface area contributed by atoms with E-state index in [1.807, 2.05) is 49.5 Å². The van der Waals surface area contributed by atoms with Crippen LogP contribution in [-0.2, 0) is 6.42 Å². The molecule has 0 radical (unpaired) electrons. The van der Waals surface area contributed by atoms with Crippen molar-refractivity contribution in [3.8, 4) is 11.8 Å². The van der Waals surface area contributed by atoms with Crippen molar-refractivity contribution in [3.63, 3.8) is 0 Å². The van der Waals surface area contributed by atoms with Gasteiger partial charge >= 0.3 is 0 Å². The summed E-state index contributed by atoms with van der Waals surface area (Å²) in [6.45, 7) is 2.15. The van der Waals surface area contributed by atoms with Gasteiger partial charge in [0.25, 0.3) is 0 Å². The van der Waals surface area contributed by atoms with Gasteiger partial charge in [-0.25, -0.2) is 0 Å². The van der Waals surface area contributed by atoms with Crippen molar-refractivity contribution in [3.05, 3.63) is 59.7 Å². The summed E-state index contributed by atoms with van der Waals surface area (Å²) < 4.78 is 5.41. The zero-order valence-corrected chi connectivity index (χ0v) is 12.7. The van der Waals surface area contributed by atoms with Gasteiger partial charge in [0.05, 0.1) is 18.4 Å². The monoisotopic (exact) mass is 280 g/mol. The number of likely N-dealkylation sites (N-methyl/N-ethyl adjacent to an activating group) is 1. The summed E-state index contributed by atoms with van der Waals surface area (Å²) in [6.07, 6.45) is 0.861. The largest absolute Gasteiger partial charge is 0.496 e. The molecule has 0 spiro atoms. The molecule has 108 valence electrons. The molecule has 0 aliphatic heterocycles. The van der Waals surface area contributed by atoms with Gasteiger partial charge < -0.3 is 9.64 Å². The fourth-order valence-electron chi connectivity index (χ4n) is 2.44. The van der Waals surface area contributed by atoms with Gasteiger partial charge in [-0.05, 0) is 37.1 Å². The molecule has 0 saturated carbocycles. The van der Waals surface area contributed by atoms with E-state index in [-0.39, 0.29) is 6.04 Å². The van der Waals surface area contributed by atoms with Crippen molar-refractivity contribution in [2.24, 2.45) is 0 Å². The Bertz CT molecular complexity index is 646. The van der Waals surface area contributed by atoms with Crippen LogP contribution < -0.4 is 9.64 Å². The first kappa shape index (κ1) is 14.9.